The monoisotopic (exact) mass is 297 g/mol. The van der Waals surface area contributed by atoms with Crippen molar-refractivity contribution in [3.8, 4) is 11.5 Å². The number of imidazole rings is 1. The van der Waals surface area contributed by atoms with E-state index in [1.54, 1.807) is 36.7 Å². The highest BCUT2D eigenvalue weighted by atomic mass is 16.5. The summed E-state index contributed by atoms with van der Waals surface area (Å²) < 4.78 is 12.3. The third-order valence-corrected chi connectivity index (χ3v) is 3.30. The number of benzene rings is 1. The number of carbonyl (C=O) groups excluding carboxylic acids is 1. The van der Waals surface area contributed by atoms with Gasteiger partial charge in [0.1, 0.15) is 22.7 Å². The number of rotatable bonds is 4. The number of fused-ring (bicyclic) bond motifs is 1. The number of hydrogen-bond donors (Lipinski definition) is 1. The Morgan fingerprint density at radius 1 is 1.14 bits per heavy atom. The molecular weight excluding hydrogens is 282 g/mol. The molecule has 22 heavy (non-hydrogen) atoms. The molecule has 0 aliphatic carbocycles. The number of nitrogens with zero attached hydrogens (tertiary/aromatic N) is 2. The Kier molecular flexibility index (Phi) is 3.65. The summed E-state index contributed by atoms with van der Waals surface area (Å²) in [5.74, 6) is 0.620. The predicted octanol–water partition coefficient (Wildman–Crippen LogP) is 2.60. The molecule has 0 radical (unpaired) electrons. The van der Waals surface area contributed by atoms with Crippen molar-refractivity contribution in [2.45, 2.75) is 0 Å². The van der Waals surface area contributed by atoms with Gasteiger partial charge in [-0.2, -0.15) is 0 Å². The number of anilines is 1. The first-order valence-corrected chi connectivity index (χ1v) is 6.68. The molecule has 0 spiro atoms. The maximum absolute atomic E-state index is 12.6. The molecule has 0 saturated heterocycles. The number of aromatic nitrogens is 2. The fourth-order valence-electron chi connectivity index (χ4n) is 2.26. The minimum absolute atomic E-state index is 0.297. The first-order valence-electron chi connectivity index (χ1n) is 6.68. The summed E-state index contributed by atoms with van der Waals surface area (Å²) in [4.78, 5) is 16.7. The predicted molar refractivity (Wildman–Crippen MR) is 82.7 cm³/mol. The van der Waals surface area contributed by atoms with Crippen LogP contribution >= 0.6 is 0 Å². The molecule has 112 valence electrons. The molecule has 6 nitrogen and oxygen atoms in total. The van der Waals surface area contributed by atoms with Crippen molar-refractivity contribution >= 4 is 17.2 Å². The number of amides is 1. The van der Waals surface area contributed by atoms with Crippen LogP contribution in [0, 0.1) is 0 Å². The molecule has 0 atom stereocenters. The van der Waals surface area contributed by atoms with Crippen LogP contribution in [0.15, 0.2) is 48.9 Å². The second-order valence-electron chi connectivity index (χ2n) is 4.60. The van der Waals surface area contributed by atoms with Gasteiger partial charge in [0.2, 0.25) is 0 Å². The molecule has 2 heterocycles. The summed E-state index contributed by atoms with van der Waals surface area (Å²) in [7, 11) is 3.03. The summed E-state index contributed by atoms with van der Waals surface area (Å²) in [5, 5.41) is 2.84. The van der Waals surface area contributed by atoms with Gasteiger partial charge in [-0.15, -0.1) is 0 Å². The van der Waals surface area contributed by atoms with Crippen LogP contribution in [-0.2, 0) is 0 Å². The van der Waals surface area contributed by atoms with Crippen LogP contribution in [0.1, 0.15) is 10.4 Å². The molecule has 0 aliphatic heterocycles. The van der Waals surface area contributed by atoms with Crippen molar-refractivity contribution in [3.63, 3.8) is 0 Å². The third kappa shape index (κ3) is 2.46. The quantitative estimate of drug-likeness (QED) is 0.804. The van der Waals surface area contributed by atoms with E-state index in [1.807, 2.05) is 16.7 Å². The second kappa shape index (κ2) is 5.77. The van der Waals surface area contributed by atoms with Gasteiger partial charge in [-0.1, -0.05) is 6.07 Å². The molecule has 0 unspecified atom stereocenters. The smallest absolute Gasteiger partial charge is 0.263 e. The van der Waals surface area contributed by atoms with Gasteiger partial charge in [0, 0.05) is 18.6 Å². The van der Waals surface area contributed by atoms with E-state index in [1.165, 1.54) is 14.2 Å². The van der Waals surface area contributed by atoms with Gasteiger partial charge in [-0.25, -0.2) is 4.98 Å². The molecule has 1 aromatic carbocycles. The van der Waals surface area contributed by atoms with Gasteiger partial charge in [0.15, 0.2) is 0 Å². The fourth-order valence-corrected chi connectivity index (χ4v) is 2.26. The number of pyridine rings is 1. The molecule has 1 N–H and O–H groups in total. The van der Waals surface area contributed by atoms with E-state index in [4.69, 9.17) is 9.47 Å². The molecule has 3 rings (SSSR count). The minimum Gasteiger partial charge on any atom is -0.496 e. The number of hydrogen-bond acceptors (Lipinski definition) is 4. The molecule has 0 saturated carbocycles. The Labute approximate surface area is 127 Å². The van der Waals surface area contributed by atoms with Crippen molar-refractivity contribution in [1.29, 1.82) is 0 Å². The average Bonchev–Trinajstić information content (AvgIpc) is 3.01. The normalized spacial score (nSPS) is 10.5. The van der Waals surface area contributed by atoms with Crippen LogP contribution in [0.4, 0.5) is 5.69 Å². The molecule has 2 aromatic heterocycles. The minimum atomic E-state index is -0.297. The van der Waals surface area contributed by atoms with Crippen LogP contribution in [-0.4, -0.2) is 29.5 Å². The fraction of sp³-hybridized carbons (Fsp3) is 0.125. The Balaban J connectivity index is 1.94. The van der Waals surface area contributed by atoms with E-state index in [0.717, 1.165) is 5.65 Å². The van der Waals surface area contributed by atoms with Gasteiger partial charge in [-0.3, -0.25) is 4.79 Å². The van der Waals surface area contributed by atoms with Gasteiger partial charge in [0.05, 0.1) is 19.9 Å². The first-order chi connectivity index (χ1) is 10.7. The van der Waals surface area contributed by atoms with E-state index in [9.17, 15) is 4.79 Å². The average molecular weight is 297 g/mol. The van der Waals surface area contributed by atoms with Gasteiger partial charge < -0.3 is 19.2 Å². The zero-order chi connectivity index (χ0) is 15.5. The highest BCUT2D eigenvalue weighted by Crippen LogP contribution is 2.29. The lowest BCUT2D eigenvalue weighted by molar-refractivity contribution is 0.102. The van der Waals surface area contributed by atoms with Crippen molar-refractivity contribution in [1.82, 2.24) is 9.38 Å². The van der Waals surface area contributed by atoms with Gasteiger partial charge >= 0.3 is 0 Å². The lowest BCUT2D eigenvalue weighted by Crippen LogP contribution is -2.14. The van der Waals surface area contributed by atoms with Crippen LogP contribution in [0.3, 0.4) is 0 Å². The number of ether oxygens (including phenoxy) is 2. The first kappa shape index (κ1) is 13.9. The van der Waals surface area contributed by atoms with Crippen molar-refractivity contribution < 1.29 is 14.3 Å². The van der Waals surface area contributed by atoms with Crippen molar-refractivity contribution in [3.05, 3.63) is 54.5 Å². The summed E-state index contributed by atoms with van der Waals surface area (Å²) in [6, 6.07) is 8.83. The van der Waals surface area contributed by atoms with E-state index in [2.05, 4.69) is 10.3 Å². The Bertz CT molecular complexity index is 804. The summed E-state index contributed by atoms with van der Waals surface area (Å²) in [5.41, 5.74) is 1.83. The maximum Gasteiger partial charge on any atom is 0.263 e. The molecule has 0 fully saturated rings. The van der Waals surface area contributed by atoms with Crippen LogP contribution in [0.5, 0.6) is 11.5 Å². The molecule has 0 aliphatic rings. The third-order valence-electron chi connectivity index (χ3n) is 3.30. The number of nitrogens with one attached hydrogen (secondary N) is 1. The molecule has 1 amide bonds. The van der Waals surface area contributed by atoms with E-state index >= 15 is 0 Å². The second-order valence-corrected chi connectivity index (χ2v) is 4.60. The van der Waals surface area contributed by atoms with Crippen LogP contribution < -0.4 is 14.8 Å². The van der Waals surface area contributed by atoms with Crippen molar-refractivity contribution in [2.75, 3.05) is 19.5 Å². The van der Waals surface area contributed by atoms with E-state index < -0.39 is 0 Å². The lowest BCUT2D eigenvalue weighted by Gasteiger charge is -2.13. The number of methoxy groups -OCH3 is 2. The number of carbonyl (C=O) groups is 1. The lowest BCUT2D eigenvalue weighted by atomic mass is 10.1. The van der Waals surface area contributed by atoms with Crippen molar-refractivity contribution in [2.24, 2.45) is 0 Å². The molecule has 6 heteroatoms. The van der Waals surface area contributed by atoms with E-state index in [0.29, 0.717) is 22.7 Å². The summed E-state index contributed by atoms with van der Waals surface area (Å²) in [6.07, 6.45) is 5.31. The van der Waals surface area contributed by atoms with Gasteiger partial charge in [-0.05, 0) is 24.3 Å². The maximum atomic E-state index is 12.6. The molecule has 0 bridgehead atoms. The Hall–Kier alpha value is -3.02. The Morgan fingerprint density at radius 3 is 2.55 bits per heavy atom. The zero-order valence-electron chi connectivity index (χ0n) is 12.2. The summed E-state index contributed by atoms with van der Waals surface area (Å²) in [6.45, 7) is 0. The highest BCUT2D eigenvalue weighted by molar-refractivity contribution is 6.08. The van der Waals surface area contributed by atoms with Crippen LogP contribution in [0.25, 0.3) is 5.65 Å². The topological polar surface area (TPSA) is 64.9 Å². The van der Waals surface area contributed by atoms with Gasteiger partial charge in [0.25, 0.3) is 5.91 Å². The Morgan fingerprint density at radius 2 is 1.86 bits per heavy atom. The largest absolute Gasteiger partial charge is 0.496 e. The SMILES string of the molecule is COc1cccc(OC)c1C(=O)Nc1ccc2nccn2c1. The molecule has 3 aromatic rings. The van der Waals surface area contributed by atoms with E-state index in [-0.39, 0.29) is 5.91 Å². The molecular formula is C16H15N3O3. The highest BCUT2D eigenvalue weighted by Gasteiger charge is 2.18. The summed E-state index contributed by atoms with van der Waals surface area (Å²) >= 11 is 0. The zero-order valence-corrected chi connectivity index (χ0v) is 12.2. The standard InChI is InChI=1S/C16H15N3O3/c1-21-12-4-3-5-13(22-2)15(12)16(20)18-11-6-7-14-17-8-9-19(14)10-11/h3-10H,1-2H3,(H,18,20). The van der Waals surface area contributed by atoms with Crippen LogP contribution in [0.2, 0.25) is 0 Å².